The van der Waals surface area contributed by atoms with E-state index in [-0.39, 0.29) is 6.10 Å². The highest BCUT2D eigenvalue weighted by Gasteiger charge is 2.42. The van der Waals surface area contributed by atoms with E-state index in [2.05, 4.69) is 20.8 Å². The lowest BCUT2D eigenvalue weighted by atomic mass is 9.75. The Morgan fingerprint density at radius 1 is 1.04 bits per heavy atom. The molecule has 28 heavy (non-hydrogen) atoms. The van der Waals surface area contributed by atoms with E-state index in [1.807, 2.05) is 61.5 Å². The van der Waals surface area contributed by atoms with Gasteiger partial charge < -0.3 is 9.63 Å². The second-order valence-corrected chi connectivity index (χ2v) is 11.1. The molecule has 1 saturated carbocycles. The van der Waals surface area contributed by atoms with E-state index < -0.39 is 13.2 Å². The topological polar surface area (TPSA) is 46.5 Å². The summed E-state index contributed by atoms with van der Waals surface area (Å²) >= 11 is 0. The van der Waals surface area contributed by atoms with E-state index >= 15 is 0 Å². The molecule has 0 saturated heterocycles. The Kier molecular flexibility index (Phi) is 6.81. The molecular weight excluding hydrogens is 367 g/mol. The summed E-state index contributed by atoms with van der Waals surface area (Å²) in [6, 6.07) is 16.8. The minimum absolute atomic E-state index is 0.102. The minimum atomic E-state index is -3.52. The van der Waals surface area contributed by atoms with E-state index in [1.54, 1.807) is 0 Å². The van der Waals surface area contributed by atoms with Gasteiger partial charge in [-0.15, -0.1) is 0 Å². The van der Waals surface area contributed by atoms with Crippen LogP contribution in [0.4, 0.5) is 0 Å². The Bertz CT molecular complexity index is 800. The molecule has 152 valence electrons. The summed E-state index contributed by atoms with van der Waals surface area (Å²) in [7, 11) is -3.52. The van der Waals surface area contributed by atoms with Gasteiger partial charge in [-0.1, -0.05) is 75.2 Å². The maximum Gasteiger partial charge on any atom is 0.264 e. The zero-order valence-corrected chi connectivity index (χ0v) is 18.3. The van der Waals surface area contributed by atoms with Crippen LogP contribution < -0.4 is 5.30 Å². The quantitative estimate of drug-likeness (QED) is 0.599. The monoisotopic (exact) mass is 400 g/mol. The Morgan fingerprint density at radius 2 is 1.68 bits per heavy atom. The SMILES string of the molecule is Cc1ccc(C(O)P(=O)(O[C@@H]2C[C@H](C)CC[C@H]2C(C)C)c2ccccc2)cc1. The van der Waals surface area contributed by atoms with E-state index in [4.69, 9.17) is 4.52 Å². The van der Waals surface area contributed by atoms with Crippen LogP contribution in [0.1, 0.15) is 57.0 Å². The number of hydrogen-bond acceptors (Lipinski definition) is 3. The smallest absolute Gasteiger partial charge is 0.264 e. The molecule has 5 atom stereocenters. The standard InChI is InChI=1S/C24H33O3P/c1-17(2)22-15-12-19(4)16-23(22)27-28(26,21-8-6-5-7-9-21)24(25)20-13-10-18(3)11-14-20/h5-11,13-14,17,19,22-25H,12,15-16H2,1-4H3/t19-,22+,23-,24?,28?/m1/s1. The summed E-state index contributed by atoms with van der Waals surface area (Å²) in [6.07, 6.45) is 3.05. The zero-order chi connectivity index (χ0) is 20.3. The van der Waals surface area contributed by atoms with Crippen LogP contribution in [-0.4, -0.2) is 11.2 Å². The summed E-state index contributed by atoms with van der Waals surface area (Å²) in [4.78, 5) is 0. The van der Waals surface area contributed by atoms with E-state index in [1.165, 1.54) is 6.42 Å². The van der Waals surface area contributed by atoms with Crippen LogP contribution in [0, 0.1) is 24.7 Å². The Balaban J connectivity index is 1.99. The molecule has 1 aliphatic rings. The van der Waals surface area contributed by atoms with Crippen molar-refractivity contribution in [2.24, 2.45) is 17.8 Å². The maximum atomic E-state index is 14.3. The van der Waals surface area contributed by atoms with Crippen molar-refractivity contribution in [2.75, 3.05) is 0 Å². The Labute approximate surface area is 169 Å². The molecule has 3 nitrogen and oxygen atoms in total. The third kappa shape index (κ3) is 4.59. The first-order valence-electron chi connectivity index (χ1n) is 10.4. The number of benzene rings is 2. The van der Waals surface area contributed by atoms with Gasteiger partial charge in [0, 0.05) is 5.30 Å². The lowest BCUT2D eigenvalue weighted by molar-refractivity contribution is 0.0427. The van der Waals surface area contributed by atoms with Gasteiger partial charge in [-0.3, -0.25) is 4.57 Å². The average Bonchev–Trinajstić information content (AvgIpc) is 2.68. The van der Waals surface area contributed by atoms with Gasteiger partial charge >= 0.3 is 0 Å². The van der Waals surface area contributed by atoms with Crippen molar-refractivity contribution >= 4 is 12.7 Å². The van der Waals surface area contributed by atoms with Crippen LogP contribution in [-0.2, 0) is 9.09 Å². The molecule has 3 rings (SSSR count). The van der Waals surface area contributed by atoms with Crippen molar-refractivity contribution in [2.45, 2.75) is 58.9 Å². The van der Waals surface area contributed by atoms with Crippen LogP contribution in [0.2, 0.25) is 0 Å². The van der Waals surface area contributed by atoms with E-state index in [9.17, 15) is 9.67 Å². The van der Waals surface area contributed by atoms with Crippen LogP contribution in [0.3, 0.4) is 0 Å². The molecule has 2 unspecified atom stereocenters. The maximum absolute atomic E-state index is 14.3. The molecule has 0 heterocycles. The van der Waals surface area contributed by atoms with Gasteiger partial charge in [0.15, 0.2) is 5.85 Å². The molecule has 0 amide bonds. The van der Waals surface area contributed by atoms with Crippen LogP contribution in [0.25, 0.3) is 0 Å². The fourth-order valence-electron chi connectivity index (χ4n) is 4.27. The molecule has 0 aliphatic heterocycles. The van der Waals surface area contributed by atoms with Gasteiger partial charge in [0.05, 0.1) is 6.10 Å². The lowest BCUT2D eigenvalue weighted by Gasteiger charge is -2.39. The molecule has 1 N–H and O–H groups in total. The normalized spacial score (nSPS) is 26.0. The van der Waals surface area contributed by atoms with Crippen molar-refractivity contribution in [3.8, 4) is 0 Å². The summed E-state index contributed by atoms with van der Waals surface area (Å²) in [6.45, 7) is 8.65. The molecular formula is C24H33O3P. The summed E-state index contributed by atoms with van der Waals surface area (Å²) in [5.41, 5.74) is 1.75. The third-order valence-corrected chi connectivity index (χ3v) is 8.61. The van der Waals surface area contributed by atoms with Gasteiger partial charge in [-0.05, 0) is 55.2 Å². The number of hydrogen-bond donors (Lipinski definition) is 1. The fraction of sp³-hybridized carbons (Fsp3) is 0.500. The second kappa shape index (κ2) is 8.95. The minimum Gasteiger partial charge on any atom is -0.378 e. The zero-order valence-electron chi connectivity index (χ0n) is 17.4. The van der Waals surface area contributed by atoms with Gasteiger partial charge in [0.25, 0.3) is 7.37 Å². The number of aryl methyl sites for hydroxylation is 1. The predicted molar refractivity (Wildman–Crippen MR) is 116 cm³/mol. The van der Waals surface area contributed by atoms with Gasteiger partial charge in [0.2, 0.25) is 0 Å². The van der Waals surface area contributed by atoms with Crippen LogP contribution in [0.5, 0.6) is 0 Å². The molecule has 0 aromatic heterocycles. The third-order valence-electron chi connectivity index (χ3n) is 6.07. The molecule has 2 aromatic rings. The lowest BCUT2D eigenvalue weighted by Crippen LogP contribution is -2.35. The number of aliphatic hydroxyl groups excluding tert-OH is 1. The molecule has 4 heteroatoms. The fourth-order valence-corrected chi connectivity index (χ4v) is 6.58. The molecule has 1 fully saturated rings. The first-order valence-corrected chi connectivity index (χ1v) is 12.1. The second-order valence-electron chi connectivity index (χ2n) is 8.69. The van der Waals surface area contributed by atoms with Crippen molar-refractivity contribution < 1.29 is 14.2 Å². The van der Waals surface area contributed by atoms with Crippen molar-refractivity contribution in [3.05, 3.63) is 65.7 Å². The van der Waals surface area contributed by atoms with Crippen LogP contribution in [0.15, 0.2) is 54.6 Å². The predicted octanol–water partition coefficient (Wildman–Crippen LogP) is 6.07. The molecule has 0 spiro atoms. The van der Waals surface area contributed by atoms with E-state index in [0.29, 0.717) is 28.6 Å². The number of rotatable bonds is 6. The first kappa shape index (κ1) is 21.3. The molecule has 1 aliphatic carbocycles. The van der Waals surface area contributed by atoms with Crippen molar-refractivity contribution in [1.82, 2.24) is 0 Å². The Hall–Kier alpha value is -1.41. The largest absolute Gasteiger partial charge is 0.378 e. The Morgan fingerprint density at radius 3 is 2.29 bits per heavy atom. The molecule has 0 bridgehead atoms. The van der Waals surface area contributed by atoms with Gasteiger partial charge in [-0.2, -0.15) is 0 Å². The van der Waals surface area contributed by atoms with Gasteiger partial charge in [0.1, 0.15) is 0 Å². The molecule has 0 radical (unpaired) electrons. The summed E-state index contributed by atoms with van der Waals surface area (Å²) in [5.74, 6) is 0.193. The summed E-state index contributed by atoms with van der Waals surface area (Å²) < 4.78 is 20.7. The summed E-state index contributed by atoms with van der Waals surface area (Å²) in [5, 5.41) is 11.8. The van der Waals surface area contributed by atoms with E-state index in [0.717, 1.165) is 18.4 Å². The highest BCUT2D eigenvalue weighted by Crippen LogP contribution is 2.60. The van der Waals surface area contributed by atoms with Crippen molar-refractivity contribution in [3.63, 3.8) is 0 Å². The number of aliphatic hydroxyl groups is 1. The highest BCUT2D eigenvalue weighted by molar-refractivity contribution is 7.67. The highest BCUT2D eigenvalue weighted by atomic mass is 31.2. The van der Waals surface area contributed by atoms with Gasteiger partial charge in [-0.25, -0.2) is 0 Å². The average molecular weight is 400 g/mol. The molecule has 2 aromatic carbocycles. The first-order chi connectivity index (χ1) is 13.3. The van der Waals surface area contributed by atoms with Crippen LogP contribution >= 0.6 is 7.37 Å². The van der Waals surface area contributed by atoms with Crippen molar-refractivity contribution in [1.29, 1.82) is 0 Å².